The molecule has 0 aliphatic carbocycles. The predicted octanol–water partition coefficient (Wildman–Crippen LogP) is 2.76. The zero-order chi connectivity index (χ0) is 17.7. The average Bonchev–Trinajstić information content (AvgIpc) is 2.52. The van der Waals surface area contributed by atoms with Crippen molar-refractivity contribution >= 4 is 11.9 Å². The van der Waals surface area contributed by atoms with E-state index in [9.17, 15) is 22.8 Å². The first kappa shape index (κ1) is 17.8. The van der Waals surface area contributed by atoms with E-state index in [1.807, 2.05) is 0 Å². The summed E-state index contributed by atoms with van der Waals surface area (Å²) in [5.74, 6) is -1.53. The number of carboxylic acid groups (broad SMARTS) is 1. The number of rotatable bonds is 5. The van der Waals surface area contributed by atoms with Crippen LogP contribution in [0.4, 0.5) is 13.2 Å². The van der Waals surface area contributed by atoms with E-state index in [0.717, 1.165) is 0 Å². The van der Waals surface area contributed by atoms with Crippen LogP contribution >= 0.6 is 0 Å². The highest BCUT2D eigenvalue weighted by Crippen LogP contribution is 2.23. The largest absolute Gasteiger partial charge is 0.573 e. The average molecular weight is 343 g/mol. The molecule has 0 fully saturated rings. The summed E-state index contributed by atoms with van der Waals surface area (Å²) < 4.78 is 40.0. The lowest BCUT2D eigenvalue weighted by Gasteiger charge is -2.26. The van der Waals surface area contributed by atoms with Gasteiger partial charge in [-0.25, -0.2) is 4.79 Å². The molecule has 1 N–H and O–H groups in total. The van der Waals surface area contributed by atoms with Gasteiger partial charge in [0.25, 0.3) is 0 Å². The Kier molecular flexibility index (Phi) is 5.48. The van der Waals surface area contributed by atoms with Crippen molar-refractivity contribution in [2.45, 2.75) is 25.6 Å². The number of carbonyl (C=O) groups excluding carboxylic acids is 1. The van der Waals surface area contributed by atoms with Gasteiger partial charge in [-0.1, -0.05) is 18.2 Å². The molecule has 5 nitrogen and oxygen atoms in total. The number of benzene rings is 1. The van der Waals surface area contributed by atoms with Crippen LogP contribution in [0.1, 0.15) is 18.4 Å². The molecule has 0 spiro atoms. The number of hydrogen-bond donors (Lipinski definition) is 1. The first-order chi connectivity index (χ1) is 11.2. The minimum Gasteiger partial charge on any atom is -0.478 e. The van der Waals surface area contributed by atoms with Crippen LogP contribution < -0.4 is 4.74 Å². The molecule has 1 aliphatic heterocycles. The smallest absolute Gasteiger partial charge is 0.478 e. The van der Waals surface area contributed by atoms with E-state index in [2.05, 4.69) is 4.74 Å². The van der Waals surface area contributed by atoms with Crippen molar-refractivity contribution < 1.29 is 32.6 Å². The van der Waals surface area contributed by atoms with Crippen LogP contribution in [0.2, 0.25) is 0 Å². The molecule has 0 bridgehead atoms. The summed E-state index contributed by atoms with van der Waals surface area (Å²) in [6, 6.07) is 5.32. The van der Waals surface area contributed by atoms with Crippen LogP contribution in [0.15, 0.2) is 35.9 Å². The highest BCUT2D eigenvalue weighted by Gasteiger charge is 2.31. The lowest BCUT2D eigenvalue weighted by molar-refractivity contribution is -0.274. The highest BCUT2D eigenvalue weighted by atomic mass is 19.4. The second-order valence-corrected chi connectivity index (χ2v) is 5.33. The van der Waals surface area contributed by atoms with E-state index in [-0.39, 0.29) is 30.2 Å². The van der Waals surface area contributed by atoms with Gasteiger partial charge in [-0.3, -0.25) is 4.79 Å². The minimum atomic E-state index is -4.74. The van der Waals surface area contributed by atoms with Gasteiger partial charge < -0.3 is 14.7 Å². The fourth-order valence-electron chi connectivity index (χ4n) is 2.38. The number of carboxylic acids is 1. The maximum absolute atomic E-state index is 12.1. The lowest BCUT2D eigenvalue weighted by atomic mass is 10.1. The third-order valence-electron chi connectivity index (χ3n) is 3.56. The van der Waals surface area contributed by atoms with Gasteiger partial charge in [-0.15, -0.1) is 13.2 Å². The van der Waals surface area contributed by atoms with Gasteiger partial charge in [0.2, 0.25) is 5.91 Å². The van der Waals surface area contributed by atoms with Crippen molar-refractivity contribution in [3.8, 4) is 5.75 Å². The second-order valence-electron chi connectivity index (χ2n) is 5.33. The van der Waals surface area contributed by atoms with Crippen LogP contribution in [0.25, 0.3) is 0 Å². The summed E-state index contributed by atoms with van der Waals surface area (Å²) in [5, 5.41) is 8.95. The number of aryl methyl sites for hydroxylation is 1. The fourth-order valence-corrected chi connectivity index (χ4v) is 2.38. The van der Waals surface area contributed by atoms with Gasteiger partial charge in [0, 0.05) is 13.0 Å². The number of nitrogens with zero attached hydrogens (tertiary/aromatic N) is 1. The van der Waals surface area contributed by atoms with Crippen LogP contribution in [0.3, 0.4) is 0 Å². The monoisotopic (exact) mass is 343 g/mol. The Morgan fingerprint density at radius 2 is 1.88 bits per heavy atom. The molecule has 2 rings (SSSR count). The van der Waals surface area contributed by atoms with Crippen molar-refractivity contribution in [1.82, 2.24) is 4.90 Å². The third-order valence-corrected chi connectivity index (χ3v) is 3.56. The quantitative estimate of drug-likeness (QED) is 0.893. The molecule has 0 saturated carbocycles. The molecule has 1 aromatic carbocycles. The summed E-state index contributed by atoms with van der Waals surface area (Å²) in [6.07, 6.45) is -2.12. The van der Waals surface area contributed by atoms with Gasteiger partial charge in [0.15, 0.2) is 0 Å². The zero-order valence-corrected chi connectivity index (χ0v) is 12.7. The highest BCUT2D eigenvalue weighted by molar-refractivity contribution is 5.88. The summed E-state index contributed by atoms with van der Waals surface area (Å²) in [6.45, 7) is 0.542. The molecule has 8 heteroatoms. The van der Waals surface area contributed by atoms with E-state index < -0.39 is 12.3 Å². The Bertz CT molecular complexity index is 638. The SMILES string of the molecule is O=C(O)C1=CCCN(C(=O)CCc2ccc(OC(F)(F)F)cc2)C1. The van der Waals surface area contributed by atoms with Crippen molar-refractivity contribution in [3.05, 3.63) is 41.5 Å². The Hall–Kier alpha value is -2.51. The second kappa shape index (κ2) is 7.37. The van der Waals surface area contributed by atoms with Gasteiger partial charge in [0.05, 0.1) is 12.1 Å². The fraction of sp³-hybridized carbons (Fsp3) is 0.375. The molecule has 24 heavy (non-hydrogen) atoms. The number of aliphatic carboxylic acids is 1. The molecule has 1 aromatic rings. The minimum absolute atomic E-state index is 0.0759. The van der Waals surface area contributed by atoms with E-state index in [1.54, 1.807) is 6.08 Å². The Morgan fingerprint density at radius 3 is 2.46 bits per heavy atom. The normalized spacial score (nSPS) is 15.0. The predicted molar refractivity (Wildman–Crippen MR) is 78.4 cm³/mol. The molecule has 0 atom stereocenters. The summed E-state index contributed by atoms with van der Waals surface area (Å²) in [4.78, 5) is 24.5. The van der Waals surface area contributed by atoms with Crippen LogP contribution in [0.5, 0.6) is 5.75 Å². The molecule has 0 unspecified atom stereocenters. The molecule has 0 aromatic heterocycles. The maximum atomic E-state index is 12.1. The molecule has 1 aliphatic rings. The van der Waals surface area contributed by atoms with E-state index >= 15 is 0 Å². The number of carbonyl (C=O) groups is 2. The molecule has 1 amide bonds. The number of amides is 1. The topological polar surface area (TPSA) is 66.8 Å². The summed E-state index contributed by atoms with van der Waals surface area (Å²) in [7, 11) is 0. The standard InChI is InChI=1S/C16H16F3NO4/c17-16(18,19)24-13-6-3-11(4-7-13)5-8-14(21)20-9-1-2-12(10-20)15(22)23/h2-4,6-7H,1,5,8-10H2,(H,22,23). The van der Waals surface area contributed by atoms with Crippen molar-refractivity contribution in [2.75, 3.05) is 13.1 Å². The molecule has 0 saturated heterocycles. The Morgan fingerprint density at radius 1 is 1.21 bits per heavy atom. The van der Waals surface area contributed by atoms with Crippen molar-refractivity contribution in [3.63, 3.8) is 0 Å². The number of hydrogen-bond acceptors (Lipinski definition) is 3. The Labute approximate surface area is 136 Å². The summed E-state index contributed by atoms with van der Waals surface area (Å²) in [5.41, 5.74) is 0.895. The van der Waals surface area contributed by atoms with E-state index in [1.165, 1.54) is 29.2 Å². The maximum Gasteiger partial charge on any atom is 0.573 e. The van der Waals surface area contributed by atoms with E-state index in [4.69, 9.17) is 5.11 Å². The van der Waals surface area contributed by atoms with Gasteiger partial charge >= 0.3 is 12.3 Å². The van der Waals surface area contributed by atoms with E-state index in [0.29, 0.717) is 24.9 Å². The van der Waals surface area contributed by atoms with Crippen LogP contribution in [0, 0.1) is 0 Å². The van der Waals surface area contributed by atoms with Crippen LogP contribution in [-0.2, 0) is 16.0 Å². The van der Waals surface area contributed by atoms with Crippen molar-refractivity contribution in [2.24, 2.45) is 0 Å². The molecule has 0 radical (unpaired) electrons. The first-order valence-electron chi connectivity index (χ1n) is 7.29. The van der Waals surface area contributed by atoms with Crippen LogP contribution in [-0.4, -0.2) is 41.3 Å². The Balaban J connectivity index is 1.86. The lowest BCUT2D eigenvalue weighted by Crippen LogP contribution is -2.37. The molecular formula is C16H16F3NO4. The first-order valence-corrected chi connectivity index (χ1v) is 7.29. The number of halogens is 3. The molecular weight excluding hydrogens is 327 g/mol. The number of ether oxygens (including phenoxy) is 1. The van der Waals surface area contributed by atoms with Gasteiger partial charge in [0.1, 0.15) is 5.75 Å². The number of alkyl halides is 3. The van der Waals surface area contributed by atoms with Crippen molar-refractivity contribution in [1.29, 1.82) is 0 Å². The van der Waals surface area contributed by atoms with Gasteiger partial charge in [-0.2, -0.15) is 0 Å². The van der Waals surface area contributed by atoms with Gasteiger partial charge in [-0.05, 0) is 30.5 Å². The molecule has 130 valence electrons. The zero-order valence-electron chi connectivity index (χ0n) is 12.7. The third kappa shape index (κ3) is 5.29. The molecule has 1 heterocycles. The summed E-state index contributed by atoms with van der Waals surface area (Å²) >= 11 is 0.